The highest BCUT2D eigenvalue weighted by atomic mass is 14.2. The molecule has 2 aliphatic carbocycles. The molecular weight excluding hydrogens is 216 g/mol. The van der Waals surface area contributed by atoms with E-state index in [0.717, 1.165) is 11.8 Å². The van der Waals surface area contributed by atoms with Crippen LogP contribution < -0.4 is 0 Å². The van der Waals surface area contributed by atoms with E-state index in [4.69, 9.17) is 0 Å². The van der Waals surface area contributed by atoms with E-state index >= 15 is 0 Å². The summed E-state index contributed by atoms with van der Waals surface area (Å²) in [7, 11) is 0. The van der Waals surface area contributed by atoms with Gasteiger partial charge < -0.3 is 0 Å². The van der Waals surface area contributed by atoms with E-state index in [1.54, 1.807) is 11.1 Å². The third-order valence-corrected chi connectivity index (χ3v) is 4.55. The fraction of sp³-hybridized carbons (Fsp3) is 0.667. The average Bonchev–Trinajstić information content (AvgIpc) is 2.45. The predicted molar refractivity (Wildman–Crippen MR) is 80.6 cm³/mol. The topological polar surface area (TPSA) is 0 Å². The van der Waals surface area contributed by atoms with Crippen LogP contribution in [0.4, 0.5) is 0 Å². The number of rotatable bonds is 4. The molecule has 2 unspecified atom stereocenters. The lowest BCUT2D eigenvalue weighted by molar-refractivity contribution is 0.526. The van der Waals surface area contributed by atoms with Crippen LogP contribution in [0.3, 0.4) is 0 Å². The van der Waals surface area contributed by atoms with Gasteiger partial charge in [-0.25, -0.2) is 0 Å². The first kappa shape index (κ1) is 13.6. The summed E-state index contributed by atoms with van der Waals surface area (Å²) in [5.41, 5.74) is 3.35. The van der Waals surface area contributed by atoms with Gasteiger partial charge in [0, 0.05) is 0 Å². The third kappa shape index (κ3) is 3.86. The predicted octanol–water partition coefficient (Wildman–Crippen LogP) is 5.82. The van der Waals surface area contributed by atoms with Crippen LogP contribution in [0.15, 0.2) is 35.5 Å². The molecule has 0 aliphatic heterocycles. The smallest absolute Gasteiger partial charge is 0.0193 e. The molecule has 0 heteroatoms. The highest BCUT2D eigenvalue weighted by Crippen LogP contribution is 2.30. The van der Waals surface area contributed by atoms with Crippen LogP contribution >= 0.6 is 0 Å². The zero-order valence-electron chi connectivity index (χ0n) is 12.1. The molecule has 2 aliphatic rings. The lowest BCUT2D eigenvalue weighted by atomic mass is 9.84. The molecule has 0 aromatic carbocycles. The van der Waals surface area contributed by atoms with E-state index < -0.39 is 0 Å². The van der Waals surface area contributed by atoms with Crippen molar-refractivity contribution in [3.8, 4) is 0 Å². The summed E-state index contributed by atoms with van der Waals surface area (Å²) in [4.78, 5) is 0. The maximum Gasteiger partial charge on any atom is -0.0193 e. The van der Waals surface area contributed by atoms with Crippen LogP contribution in [0.2, 0.25) is 0 Å². The lowest BCUT2D eigenvalue weighted by Gasteiger charge is -2.22. The van der Waals surface area contributed by atoms with Crippen molar-refractivity contribution in [3.05, 3.63) is 35.5 Å². The molecule has 0 aromatic rings. The van der Waals surface area contributed by atoms with Gasteiger partial charge in [0.25, 0.3) is 0 Å². The van der Waals surface area contributed by atoms with Crippen molar-refractivity contribution in [1.29, 1.82) is 0 Å². The third-order valence-electron chi connectivity index (χ3n) is 4.55. The highest BCUT2D eigenvalue weighted by molar-refractivity contribution is 5.13. The van der Waals surface area contributed by atoms with Crippen molar-refractivity contribution < 1.29 is 0 Å². The van der Waals surface area contributed by atoms with Gasteiger partial charge >= 0.3 is 0 Å². The van der Waals surface area contributed by atoms with Crippen LogP contribution in [0.25, 0.3) is 0 Å². The molecule has 0 saturated heterocycles. The number of hydrogen-bond donors (Lipinski definition) is 0. The Morgan fingerprint density at radius 2 is 1.33 bits per heavy atom. The zero-order chi connectivity index (χ0) is 12.8. The summed E-state index contributed by atoms with van der Waals surface area (Å²) < 4.78 is 0. The molecule has 0 amide bonds. The fourth-order valence-corrected chi connectivity index (χ4v) is 3.27. The van der Waals surface area contributed by atoms with Gasteiger partial charge in [0.15, 0.2) is 0 Å². The number of allylic oxidation sites excluding steroid dienone is 6. The van der Waals surface area contributed by atoms with Crippen molar-refractivity contribution in [1.82, 2.24) is 0 Å². The number of hydrogen-bond acceptors (Lipinski definition) is 0. The first-order chi connectivity index (χ1) is 8.81. The molecule has 0 heterocycles. The summed E-state index contributed by atoms with van der Waals surface area (Å²) in [5.74, 6) is 1.64. The van der Waals surface area contributed by atoms with Crippen LogP contribution in [-0.4, -0.2) is 0 Å². The van der Waals surface area contributed by atoms with Crippen molar-refractivity contribution in [2.45, 2.75) is 65.2 Å². The van der Waals surface area contributed by atoms with E-state index in [0.29, 0.717) is 0 Å². The second kappa shape index (κ2) is 6.97. The minimum Gasteiger partial charge on any atom is -0.0853 e. The van der Waals surface area contributed by atoms with Gasteiger partial charge in [-0.05, 0) is 63.2 Å². The molecule has 0 nitrogen and oxygen atoms in total. The molecular formula is C18H28. The first-order valence-corrected chi connectivity index (χ1v) is 7.86. The highest BCUT2D eigenvalue weighted by Gasteiger charge is 2.14. The Kier molecular flexibility index (Phi) is 5.28. The van der Waals surface area contributed by atoms with Crippen LogP contribution in [0.1, 0.15) is 65.2 Å². The van der Waals surface area contributed by atoms with Crippen molar-refractivity contribution in [3.63, 3.8) is 0 Å². The molecule has 0 spiro atoms. The van der Waals surface area contributed by atoms with E-state index in [1.807, 2.05) is 0 Å². The second-order valence-corrected chi connectivity index (χ2v) is 5.90. The van der Waals surface area contributed by atoms with Crippen LogP contribution in [0, 0.1) is 11.8 Å². The SMILES string of the molecule is CCC1=CCCC(C=CC2CCC=C(CC)C2)C1. The van der Waals surface area contributed by atoms with Gasteiger partial charge in [-0.1, -0.05) is 49.3 Å². The molecule has 0 N–H and O–H groups in total. The van der Waals surface area contributed by atoms with Gasteiger partial charge in [-0.2, -0.15) is 0 Å². The average molecular weight is 244 g/mol. The van der Waals surface area contributed by atoms with Gasteiger partial charge in [0.2, 0.25) is 0 Å². The first-order valence-electron chi connectivity index (χ1n) is 7.86. The summed E-state index contributed by atoms with van der Waals surface area (Å²) in [5, 5.41) is 0. The fourth-order valence-electron chi connectivity index (χ4n) is 3.27. The Morgan fingerprint density at radius 3 is 1.72 bits per heavy atom. The maximum atomic E-state index is 2.53. The summed E-state index contributed by atoms with van der Waals surface area (Å²) in [6.45, 7) is 4.58. The zero-order valence-corrected chi connectivity index (χ0v) is 12.1. The van der Waals surface area contributed by atoms with Crippen LogP contribution in [-0.2, 0) is 0 Å². The van der Waals surface area contributed by atoms with Gasteiger partial charge in [0.1, 0.15) is 0 Å². The molecule has 0 aromatic heterocycles. The normalized spacial score (nSPS) is 29.2. The Labute approximate surface area is 113 Å². The second-order valence-electron chi connectivity index (χ2n) is 5.90. The molecule has 0 saturated carbocycles. The summed E-state index contributed by atoms with van der Waals surface area (Å²) in [6.07, 6.45) is 20.4. The van der Waals surface area contributed by atoms with E-state index in [1.165, 1.54) is 51.4 Å². The van der Waals surface area contributed by atoms with Crippen LogP contribution in [0.5, 0.6) is 0 Å². The molecule has 2 rings (SSSR count). The summed E-state index contributed by atoms with van der Waals surface area (Å²) >= 11 is 0. The Morgan fingerprint density at radius 1 is 0.889 bits per heavy atom. The Balaban J connectivity index is 1.84. The molecule has 2 atom stereocenters. The van der Waals surface area contributed by atoms with Gasteiger partial charge in [-0.3, -0.25) is 0 Å². The standard InChI is InChI=1S/C18H28/c1-3-15-7-5-9-17(13-15)11-12-18-10-6-8-16(4-2)14-18/h7-8,11-12,17-18H,3-6,9-10,13-14H2,1-2H3. The minimum absolute atomic E-state index is 0.820. The summed E-state index contributed by atoms with van der Waals surface area (Å²) in [6, 6.07) is 0. The minimum atomic E-state index is 0.820. The Hall–Kier alpha value is -0.780. The maximum absolute atomic E-state index is 2.53. The van der Waals surface area contributed by atoms with Crippen molar-refractivity contribution in [2.75, 3.05) is 0 Å². The largest absolute Gasteiger partial charge is 0.0853 e. The van der Waals surface area contributed by atoms with E-state index in [2.05, 4.69) is 38.2 Å². The monoisotopic (exact) mass is 244 g/mol. The molecule has 100 valence electrons. The lowest BCUT2D eigenvalue weighted by Crippen LogP contribution is -2.07. The molecule has 18 heavy (non-hydrogen) atoms. The van der Waals surface area contributed by atoms with E-state index in [9.17, 15) is 0 Å². The van der Waals surface area contributed by atoms with Gasteiger partial charge in [0.05, 0.1) is 0 Å². The quantitative estimate of drug-likeness (QED) is 0.547. The van der Waals surface area contributed by atoms with Gasteiger partial charge in [-0.15, -0.1) is 0 Å². The molecule has 0 radical (unpaired) electrons. The van der Waals surface area contributed by atoms with Crippen molar-refractivity contribution >= 4 is 0 Å². The molecule has 0 bridgehead atoms. The molecule has 0 fully saturated rings. The van der Waals surface area contributed by atoms with Crippen molar-refractivity contribution in [2.24, 2.45) is 11.8 Å². The van der Waals surface area contributed by atoms with E-state index in [-0.39, 0.29) is 0 Å². The Bertz CT molecular complexity index is 309.